The van der Waals surface area contributed by atoms with Crippen molar-refractivity contribution in [2.75, 3.05) is 0 Å². The van der Waals surface area contributed by atoms with Gasteiger partial charge in [-0.25, -0.2) is 0 Å². The van der Waals surface area contributed by atoms with Crippen LogP contribution in [0.5, 0.6) is 0 Å². The summed E-state index contributed by atoms with van der Waals surface area (Å²) in [6.45, 7) is 2.25. The standard InChI is InChI=1S/C18H30N2O/c1-11(17-9-12-2-3-14(17)6-12)19-18(21)10-13-7-15-4-5-16(8-13)20-15/h11-17,20H,2-10H2,1H3,(H,19,21). The summed E-state index contributed by atoms with van der Waals surface area (Å²) in [5.74, 6) is 3.57. The smallest absolute Gasteiger partial charge is 0.220 e. The van der Waals surface area contributed by atoms with E-state index in [0.717, 1.165) is 24.2 Å². The first-order chi connectivity index (χ1) is 10.2. The van der Waals surface area contributed by atoms with E-state index in [1.807, 2.05) is 0 Å². The van der Waals surface area contributed by atoms with Crippen molar-refractivity contribution in [1.82, 2.24) is 10.6 Å². The average molecular weight is 290 g/mol. The van der Waals surface area contributed by atoms with E-state index in [9.17, 15) is 4.79 Å². The lowest BCUT2D eigenvalue weighted by Gasteiger charge is -2.31. The zero-order valence-electron chi connectivity index (χ0n) is 13.3. The van der Waals surface area contributed by atoms with Gasteiger partial charge in [-0.2, -0.15) is 0 Å². The van der Waals surface area contributed by atoms with E-state index in [1.54, 1.807) is 0 Å². The van der Waals surface area contributed by atoms with Crippen molar-refractivity contribution < 1.29 is 4.79 Å². The van der Waals surface area contributed by atoms with Crippen molar-refractivity contribution in [1.29, 1.82) is 0 Å². The Balaban J connectivity index is 1.26. The summed E-state index contributed by atoms with van der Waals surface area (Å²) >= 11 is 0. The molecule has 4 aliphatic rings. The molecular formula is C18H30N2O. The molecule has 2 saturated carbocycles. The predicted molar refractivity (Wildman–Crippen MR) is 83.8 cm³/mol. The van der Waals surface area contributed by atoms with E-state index in [2.05, 4.69) is 17.6 Å². The molecule has 4 rings (SSSR count). The fourth-order valence-electron chi connectivity index (χ4n) is 5.93. The quantitative estimate of drug-likeness (QED) is 0.836. The van der Waals surface area contributed by atoms with E-state index in [0.29, 0.717) is 30.0 Å². The van der Waals surface area contributed by atoms with Gasteiger partial charge in [-0.15, -0.1) is 0 Å². The monoisotopic (exact) mass is 290 g/mol. The maximum absolute atomic E-state index is 12.4. The zero-order valence-corrected chi connectivity index (χ0v) is 13.3. The van der Waals surface area contributed by atoms with Crippen LogP contribution in [0.2, 0.25) is 0 Å². The SMILES string of the molecule is CC(NC(=O)CC1CC2CCC(C1)N2)C1CC2CCC1C2. The van der Waals surface area contributed by atoms with Gasteiger partial charge in [0.15, 0.2) is 0 Å². The molecule has 118 valence electrons. The summed E-state index contributed by atoms with van der Waals surface area (Å²) < 4.78 is 0. The van der Waals surface area contributed by atoms with Gasteiger partial charge in [0, 0.05) is 24.5 Å². The van der Waals surface area contributed by atoms with Gasteiger partial charge in [0.05, 0.1) is 0 Å². The van der Waals surface area contributed by atoms with Crippen LogP contribution in [0.1, 0.15) is 64.7 Å². The molecule has 2 N–H and O–H groups in total. The molecule has 3 heteroatoms. The Kier molecular flexibility index (Phi) is 3.72. The number of rotatable bonds is 4. The molecule has 3 nitrogen and oxygen atoms in total. The molecule has 0 radical (unpaired) electrons. The predicted octanol–water partition coefficient (Wildman–Crippen LogP) is 2.85. The van der Waals surface area contributed by atoms with Crippen LogP contribution in [0, 0.1) is 23.7 Å². The van der Waals surface area contributed by atoms with Crippen LogP contribution in [0.4, 0.5) is 0 Å². The highest BCUT2D eigenvalue weighted by molar-refractivity contribution is 5.76. The zero-order chi connectivity index (χ0) is 14.4. The minimum atomic E-state index is 0.316. The number of nitrogens with one attached hydrogen (secondary N) is 2. The number of hydrogen-bond acceptors (Lipinski definition) is 2. The summed E-state index contributed by atoms with van der Waals surface area (Å²) in [5.41, 5.74) is 0. The van der Waals surface area contributed by atoms with E-state index < -0.39 is 0 Å². The highest BCUT2D eigenvalue weighted by atomic mass is 16.1. The summed E-state index contributed by atoms with van der Waals surface area (Å²) in [7, 11) is 0. The Hall–Kier alpha value is -0.570. The molecule has 0 aromatic carbocycles. The number of piperidine rings is 1. The van der Waals surface area contributed by atoms with Crippen LogP contribution in [0.3, 0.4) is 0 Å². The summed E-state index contributed by atoms with van der Waals surface area (Å²) in [5, 5.41) is 7.01. The molecule has 4 fully saturated rings. The first-order valence-corrected chi connectivity index (χ1v) is 9.22. The van der Waals surface area contributed by atoms with Gasteiger partial charge in [-0.05, 0) is 75.5 Å². The largest absolute Gasteiger partial charge is 0.353 e. The first kappa shape index (κ1) is 14.0. The lowest BCUT2D eigenvalue weighted by Crippen LogP contribution is -2.43. The lowest BCUT2D eigenvalue weighted by atomic mass is 9.83. The molecule has 2 aliphatic carbocycles. The maximum Gasteiger partial charge on any atom is 0.220 e. The van der Waals surface area contributed by atoms with Crippen LogP contribution < -0.4 is 10.6 Å². The van der Waals surface area contributed by atoms with Gasteiger partial charge in [0.2, 0.25) is 5.91 Å². The second kappa shape index (κ2) is 5.57. The average Bonchev–Trinajstić information content (AvgIpc) is 3.14. The number of carbonyl (C=O) groups excluding carboxylic acids is 1. The van der Waals surface area contributed by atoms with Crippen molar-refractivity contribution in [2.45, 2.75) is 82.8 Å². The van der Waals surface area contributed by atoms with Gasteiger partial charge in [-0.3, -0.25) is 4.79 Å². The lowest BCUT2D eigenvalue weighted by molar-refractivity contribution is -0.123. The number of hydrogen-bond donors (Lipinski definition) is 2. The van der Waals surface area contributed by atoms with Crippen LogP contribution >= 0.6 is 0 Å². The highest BCUT2D eigenvalue weighted by Crippen LogP contribution is 2.49. The van der Waals surface area contributed by atoms with Crippen LogP contribution in [-0.2, 0) is 4.79 Å². The molecule has 0 aromatic heterocycles. The first-order valence-electron chi connectivity index (χ1n) is 9.22. The number of carbonyl (C=O) groups is 1. The summed E-state index contributed by atoms with van der Waals surface area (Å²) in [4.78, 5) is 12.4. The van der Waals surface area contributed by atoms with E-state index in [1.165, 1.54) is 51.4 Å². The molecule has 21 heavy (non-hydrogen) atoms. The van der Waals surface area contributed by atoms with Crippen LogP contribution in [0.15, 0.2) is 0 Å². The molecule has 6 unspecified atom stereocenters. The Morgan fingerprint density at radius 2 is 1.86 bits per heavy atom. The van der Waals surface area contributed by atoms with Gasteiger partial charge in [0.25, 0.3) is 0 Å². The molecule has 2 heterocycles. The van der Waals surface area contributed by atoms with Gasteiger partial charge in [-0.1, -0.05) is 6.42 Å². The second-order valence-electron chi connectivity index (χ2n) is 8.37. The molecule has 2 aliphatic heterocycles. The Bertz CT molecular complexity index is 398. The molecule has 0 aromatic rings. The molecule has 4 bridgehead atoms. The van der Waals surface area contributed by atoms with E-state index >= 15 is 0 Å². The van der Waals surface area contributed by atoms with Crippen LogP contribution in [-0.4, -0.2) is 24.0 Å². The van der Waals surface area contributed by atoms with Crippen molar-refractivity contribution in [2.24, 2.45) is 23.7 Å². The maximum atomic E-state index is 12.4. The third kappa shape index (κ3) is 2.86. The Morgan fingerprint density at radius 3 is 2.48 bits per heavy atom. The topological polar surface area (TPSA) is 41.1 Å². The third-order valence-electron chi connectivity index (χ3n) is 6.87. The molecular weight excluding hydrogens is 260 g/mol. The Morgan fingerprint density at radius 1 is 1.10 bits per heavy atom. The molecule has 6 atom stereocenters. The summed E-state index contributed by atoms with van der Waals surface area (Å²) in [6.07, 6.45) is 11.5. The van der Waals surface area contributed by atoms with Crippen molar-refractivity contribution >= 4 is 5.91 Å². The van der Waals surface area contributed by atoms with Crippen molar-refractivity contribution in [3.05, 3.63) is 0 Å². The number of amides is 1. The Labute approximate surface area is 128 Å². The number of fused-ring (bicyclic) bond motifs is 4. The molecule has 0 spiro atoms. The van der Waals surface area contributed by atoms with Crippen LogP contribution in [0.25, 0.3) is 0 Å². The van der Waals surface area contributed by atoms with Gasteiger partial charge in [0.1, 0.15) is 0 Å². The van der Waals surface area contributed by atoms with Gasteiger partial charge >= 0.3 is 0 Å². The molecule has 1 amide bonds. The highest BCUT2D eigenvalue weighted by Gasteiger charge is 2.42. The van der Waals surface area contributed by atoms with E-state index in [4.69, 9.17) is 0 Å². The normalized spacial score (nSPS) is 45.8. The summed E-state index contributed by atoms with van der Waals surface area (Å²) in [6, 6.07) is 1.79. The fraction of sp³-hybridized carbons (Fsp3) is 0.944. The minimum absolute atomic E-state index is 0.316. The fourth-order valence-corrected chi connectivity index (χ4v) is 5.93. The minimum Gasteiger partial charge on any atom is -0.353 e. The molecule has 2 saturated heterocycles. The van der Waals surface area contributed by atoms with Gasteiger partial charge < -0.3 is 10.6 Å². The third-order valence-corrected chi connectivity index (χ3v) is 6.87. The van der Waals surface area contributed by atoms with Crippen molar-refractivity contribution in [3.8, 4) is 0 Å². The second-order valence-corrected chi connectivity index (χ2v) is 8.37. The van der Waals surface area contributed by atoms with E-state index in [-0.39, 0.29) is 0 Å². The van der Waals surface area contributed by atoms with Crippen molar-refractivity contribution in [3.63, 3.8) is 0 Å².